The van der Waals surface area contributed by atoms with Crippen LogP contribution in [0.5, 0.6) is 0 Å². The number of rotatable bonds is 7. The summed E-state index contributed by atoms with van der Waals surface area (Å²) in [7, 11) is 0. The van der Waals surface area contributed by atoms with Crippen molar-refractivity contribution >= 4 is 17.8 Å². The van der Waals surface area contributed by atoms with Gasteiger partial charge in [0.25, 0.3) is 11.6 Å². The lowest BCUT2D eigenvalue weighted by atomic mass is 10.1. The summed E-state index contributed by atoms with van der Waals surface area (Å²) in [5.41, 5.74) is 3.59. The molecule has 9 nitrogen and oxygen atoms in total. The van der Waals surface area contributed by atoms with E-state index >= 15 is 0 Å². The number of benzene rings is 2. The number of hydrogen-bond acceptors (Lipinski definition) is 6. The molecule has 10 heteroatoms. The lowest BCUT2D eigenvalue weighted by molar-refractivity contribution is -0.384. The summed E-state index contributed by atoms with van der Waals surface area (Å²) in [6.07, 6.45) is 2.90. The van der Waals surface area contributed by atoms with Crippen LogP contribution in [0.1, 0.15) is 21.8 Å². The number of non-ortho nitro benzene ring substituents is 1. The molecule has 4 rings (SSSR count). The Morgan fingerprint density at radius 2 is 1.94 bits per heavy atom. The fourth-order valence-electron chi connectivity index (χ4n) is 2.91. The number of nitro benzene ring substituents is 1. The predicted octanol–water partition coefficient (Wildman–Crippen LogP) is 4.00. The Labute approximate surface area is 180 Å². The molecule has 0 aliphatic heterocycles. The second-order valence-corrected chi connectivity index (χ2v) is 6.70. The Kier molecular flexibility index (Phi) is 5.84. The van der Waals surface area contributed by atoms with Crippen molar-refractivity contribution in [3.63, 3.8) is 0 Å². The van der Waals surface area contributed by atoms with Gasteiger partial charge in [-0.05, 0) is 36.4 Å². The standard InChI is InChI=1S/C22H16FN5O4/c23-19-4-2-1-3-16(19)14-27-12-11-20(26-27)22(29)25-24-13-18-9-10-21(32-18)15-5-7-17(8-6-15)28(30)31/h1-13H,14H2,(H,25,29)/b24-13+. The van der Waals surface area contributed by atoms with Crippen LogP contribution in [0.4, 0.5) is 10.1 Å². The molecule has 1 amide bonds. The molecule has 0 aliphatic carbocycles. The first-order valence-corrected chi connectivity index (χ1v) is 9.44. The highest BCUT2D eigenvalue weighted by Crippen LogP contribution is 2.24. The zero-order valence-electron chi connectivity index (χ0n) is 16.5. The van der Waals surface area contributed by atoms with Crippen LogP contribution < -0.4 is 5.43 Å². The lowest BCUT2D eigenvalue weighted by Crippen LogP contribution is -2.18. The topological polar surface area (TPSA) is 116 Å². The number of carbonyl (C=O) groups is 1. The van der Waals surface area contributed by atoms with Crippen LogP contribution in [0.3, 0.4) is 0 Å². The molecule has 0 saturated carbocycles. The summed E-state index contributed by atoms with van der Waals surface area (Å²) in [6, 6.07) is 17.1. The Morgan fingerprint density at radius 1 is 1.16 bits per heavy atom. The summed E-state index contributed by atoms with van der Waals surface area (Å²) in [5, 5.41) is 18.7. The van der Waals surface area contributed by atoms with Gasteiger partial charge >= 0.3 is 0 Å². The maximum Gasteiger partial charge on any atom is 0.291 e. The van der Waals surface area contributed by atoms with E-state index in [1.807, 2.05) is 0 Å². The number of nitrogens with one attached hydrogen (secondary N) is 1. The summed E-state index contributed by atoms with van der Waals surface area (Å²) < 4.78 is 20.8. The van der Waals surface area contributed by atoms with Crippen LogP contribution >= 0.6 is 0 Å². The van der Waals surface area contributed by atoms with Gasteiger partial charge in [0.15, 0.2) is 5.69 Å². The molecule has 0 unspecified atom stereocenters. The normalized spacial score (nSPS) is 11.0. The van der Waals surface area contributed by atoms with Crippen molar-refractivity contribution < 1.29 is 18.5 Å². The Hall–Kier alpha value is -4.60. The van der Waals surface area contributed by atoms with Gasteiger partial charge in [-0.1, -0.05) is 18.2 Å². The number of nitro groups is 1. The predicted molar refractivity (Wildman–Crippen MR) is 114 cm³/mol. The second kappa shape index (κ2) is 9.04. The van der Waals surface area contributed by atoms with E-state index in [2.05, 4.69) is 15.6 Å². The fraction of sp³-hybridized carbons (Fsp3) is 0.0455. The first-order valence-electron chi connectivity index (χ1n) is 9.44. The van der Waals surface area contributed by atoms with E-state index in [-0.39, 0.29) is 23.7 Å². The second-order valence-electron chi connectivity index (χ2n) is 6.70. The minimum absolute atomic E-state index is 0.0128. The lowest BCUT2D eigenvalue weighted by Gasteiger charge is -2.03. The minimum atomic E-state index is -0.532. The average Bonchev–Trinajstić information content (AvgIpc) is 3.45. The molecule has 4 aromatic rings. The zero-order valence-corrected chi connectivity index (χ0v) is 16.5. The van der Waals surface area contributed by atoms with Gasteiger partial charge in [0.05, 0.1) is 17.7 Å². The molecule has 0 saturated heterocycles. The van der Waals surface area contributed by atoms with Gasteiger partial charge in [-0.3, -0.25) is 19.6 Å². The van der Waals surface area contributed by atoms with Crippen molar-refractivity contribution in [2.24, 2.45) is 5.10 Å². The molecular formula is C22H16FN5O4. The van der Waals surface area contributed by atoms with Gasteiger partial charge < -0.3 is 4.42 Å². The van der Waals surface area contributed by atoms with Crippen LogP contribution in [0, 0.1) is 15.9 Å². The van der Waals surface area contributed by atoms with E-state index in [9.17, 15) is 19.3 Å². The van der Waals surface area contributed by atoms with Crippen molar-refractivity contribution in [3.05, 3.63) is 106 Å². The third kappa shape index (κ3) is 4.75. The van der Waals surface area contributed by atoms with Gasteiger partial charge in [-0.25, -0.2) is 9.82 Å². The molecule has 1 N–H and O–H groups in total. The summed E-state index contributed by atoms with van der Waals surface area (Å²) in [6.45, 7) is 0.195. The SMILES string of the molecule is O=C(N/N=C/c1ccc(-c2ccc([N+](=O)[O-])cc2)o1)c1ccn(Cc2ccccc2F)n1. The molecule has 0 radical (unpaired) electrons. The number of amides is 1. The number of carbonyl (C=O) groups excluding carboxylic acids is 1. The van der Waals surface area contributed by atoms with E-state index in [0.717, 1.165) is 0 Å². The molecule has 32 heavy (non-hydrogen) atoms. The highest BCUT2D eigenvalue weighted by molar-refractivity contribution is 5.92. The highest BCUT2D eigenvalue weighted by atomic mass is 19.1. The van der Waals surface area contributed by atoms with Gasteiger partial charge in [-0.15, -0.1) is 0 Å². The molecular weight excluding hydrogens is 417 g/mol. The van der Waals surface area contributed by atoms with E-state index in [0.29, 0.717) is 22.6 Å². The van der Waals surface area contributed by atoms with Gasteiger partial charge in [0, 0.05) is 29.5 Å². The number of furan rings is 1. The molecule has 0 spiro atoms. The molecule has 0 aliphatic rings. The van der Waals surface area contributed by atoms with Crippen molar-refractivity contribution in [1.82, 2.24) is 15.2 Å². The van der Waals surface area contributed by atoms with E-state index in [1.165, 1.54) is 35.2 Å². The van der Waals surface area contributed by atoms with Crippen LogP contribution in [-0.4, -0.2) is 26.8 Å². The number of halogens is 1. The number of hydrazone groups is 1. The quantitative estimate of drug-likeness (QED) is 0.269. The molecule has 0 atom stereocenters. The maximum absolute atomic E-state index is 13.8. The third-order valence-electron chi connectivity index (χ3n) is 4.51. The van der Waals surface area contributed by atoms with Gasteiger partial charge in [0.1, 0.15) is 17.3 Å². The van der Waals surface area contributed by atoms with E-state index in [1.54, 1.807) is 48.7 Å². The maximum atomic E-state index is 13.8. The molecule has 2 aromatic carbocycles. The molecule has 0 bridgehead atoms. The zero-order chi connectivity index (χ0) is 22.5. The molecule has 2 heterocycles. The van der Waals surface area contributed by atoms with Crippen LogP contribution in [-0.2, 0) is 6.54 Å². The molecule has 2 aromatic heterocycles. The van der Waals surface area contributed by atoms with Crippen LogP contribution in [0.2, 0.25) is 0 Å². The summed E-state index contributed by atoms with van der Waals surface area (Å²) >= 11 is 0. The number of aromatic nitrogens is 2. The number of hydrogen-bond donors (Lipinski definition) is 1. The smallest absolute Gasteiger partial charge is 0.291 e. The monoisotopic (exact) mass is 433 g/mol. The fourth-order valence-corrected chi connectivity index (χ4v) is 2.91. The van der Waals surface area contributed by atoms with Crippen LogP contribution in [0.15, 0.2) is 82.4 Å². The van der Waals surface area contributed by atoms with Crippen molar-refractivity contribution in [2.75, 3.05) is 0 Å². The van der Waals surface area contributed by atoms with Gasteiger partial charge in [0.2, 0.25) is 0 Å². The summed E-state index contributed by atoms with van der Waals surface area (Å²) in [4.78, 5) is 22.5. The molecule has 0 fully saturated rings. The first-order chi connectivity index (χ1) is 15.5. The van der Waals surface area contributed by atoms with E-state index < -0.39 is 10.8 Å². The minimum Gasteiger partial charge on any atom is -0.455 e. The van der Waals surface area contributed by atoms with Crippen molar-refractivity contribution in [2.45, 2.75) is 6.54 Å². The Morgan fingerprint density at radius 3 is 2.69 bits per heavy atom. The highest BCUT2D eigenvalue weighted by Gasteiger charge is 2.11. The third-order valence-corrected chi connectivity index (χ3v) is 4.51. The Bertz CT molecular complexity index is 1290. The van der Waals surface area contributed by atoms with Gasteiger partial charge in [-0.2, -0.15) is 10.2 Å². The largest absolute Gasteiger partial charge is 0.455 e. The Balaban J connectivity index is 1.35. The van der Waals surface area contributed by atoms with Crippen molar-refractivity contribution in [1.29, 1.82) is 0 Å². The van der Waals surface area contributed by atoms with E-state index in [4.69, 9.17) is 4.42 Å². The first kappa shape index (κ1) is 20.7. The van der Waals surface area contributed by atoms with Crippen LogP contribution in [0.25, 0.3) is 11.3 Å². The van der Waals surface area contributed by atoms with Crippen molar-refractivity contribution in [3.8, 4) is 11.3 Å². The number of nitrogens with zero attached hydrogens (tertiary/aromatic N) is 4. The average molecular weight is 433 g/mol. The summed E-state index contributed by atoms with van der Waals surface area (Å²) in [5.74, 6) is 0.00382. The molecule has 160 valence electrons.